The minimum Gasteiger partial charge on any atom is -0.305 e. The number of hydrogen-bond acceptors (Lipinski definition) is 4. The summed E-state index contributed by atoms with van der Waals surface area (Å²) in [4.78, 5) is 12.1. The highest BCUT2D eigenvalue weighted by molar-refractivity contribution is 7.99. The molecule has 0 aromatic carbocycles. The predicted octanol–water partition coefficient (Wildman–Crippen LogP) is 4.54. The lowest BCUT2D eigenvalue weighted by molar-refractivity contribution is 0.483. The summed E-state index contributed by atoms with van der Waals surface area (Å²) >= 11 is 3.87. The first-order valence-corrected chi connectivity index (χ1v) is 9.27. The molecular weight excluding hydrogens is 298 g/mol. The van der Waals surface area contributed by atoms with Gasteiger partial charge in [0.25, 0.3) is 0 Å². The highest BCUT2D eigenvalue weighted by Gasteiger charge is 2.23. The number of thiophene rings is 1. The highest BCUT2D eigenvalue weighted by Crippen LogP contribution is 2.36. The second kappa shape index (κ2) is 5.46. The SMILES string of the molecule is Cc1ccc(-c2nc3cccnc3n2C2CCSCC2)s1. The molecule has 108 valence electrons. The fourth-order valence-electron chi connectivity index (χ4n) is 2.95. The summed E-state index contributed by atoms with van der Waals surface area (Å²) in [5.74, 6) is 3.57. The van der Waals surface area contributed by atoms with E-state index in [0.717, 1.165) is 17.0 Å². The molecule has 1 saturated heterocycles. The Balaban J connectivity index is 1.92. The van der Waals surface area contributed by atoms with Crippen LogP contribution in [0.5, 0.6) is 0 Å². The number of pyridine rings is 1. The van der Waals surface area contributed by atoms with Crippen molar-refractivity contribution in [2.45, 2.75) is 25.8 Å². The molecule has 4 rings (SSSR count). The topological polar surface area (TPSA) is 30.7 Å². The molecule has 0 radical (unpaired) electrons. The Morgan fingerprint density at radius 3 is 2.81 bits per heavy atom. The number of hydrogen-bond donors (Lipinski definition) is 0. The monoisotopic (exact) mass is 315 g/mol. The second-order valence-electron chi connectivity index (χ2n) is 5.41. The van der Waals surface area contributed by atoms with Gasteiger partial charge in [-0.05, 0) is 55.5 Å². The summed E-state index contributed by atoms with van der Waals surface area (Å²) in [6.07, 6.45) is 4.30. The standard InChI is InChI=1S/C16H17N3S2/c1-11-4-5-14(21-11)16-18-13-3-2-8-17-15(13)19(16)12-6-9-20-10-7-12/h2-5,8,12H,6-7,9-10H2,1H3. The third kappa shape index (κ3) is 2.38. The van der Waals surface area contributed by atoms with E-state index in [9.17, 15) is 0 Å². The van der Waals surface area contributed by atoms with Crippen molar-refractivity contribution < 1.29 is 0 Å². The van der Waals surface area contributed by atoms with Crippen molar-refractivity contribution in [3.05, 3.63) is 35.3 Å². The molecule has 0 bridgehead atoms. The number of thioether (sulfide) groups is 1. The Labute approximate surface area is 132 Å². The van der Waals surface area contributed by atoms with Gasteiger partial charge in [0.2, 0.25) is 0 Å². The van der Waals surface area contributed by atoms with E-state index in [1.165, 1.54) is 34.1 Å². The summed E-state index contributed by atoms with van der Waals surface area (Å²) in [6.45, 7) is 2.15. The zero-order valence-corrected chi connectivity index (χ0v) is 13.6. The van der Waals surface area contributed by atoms with E-state index in [1.54, 1.807) is 0 Å². The van der Waals surface area contributed by atoms with E-state index in [1.807, 2.05) is 23.6 Å². The molecule has 1 fully saturated rings. The molecule has 3 aromatic rings. The number of nitrogens with zero attached hydrogens (tertiary/aromatic N) is 3. The number of rotatable bonds is 2. The van der Waals surface area contributed by atoms with Gasteiger partial charge in [-0.2, -0.15) is 11.8 Å². The smallest absolute Gasteiger partial charge is 0.160 e. The van der Waals surface area contributed by atoms with E-state index < -0.39 is 0 Å². The van der Waals surface area contributed by atoms with Crippen LogP contribution in [0.2, 0.25) is 0 Å². The van der Waals surface area contributed by atoms with Crippen molar-refractivity contribution in [3.63, 3.8) is 0 Å². The molecule has 0 amide bonds. The summed E-state index contributed by atoms with van der Waals surface area (Å²) < 4.78 is 2.39. The van der Waals surface area contributed by atoms with Gasteiger partial charge in [0.15, 0.2) is 11.5 Å². The van der Waals surface area contributed by atoms with Crippen LogP contribution < -0.4 is 0 Å². The van der Waals surface area contributed by atoms with Crippen molar-refractivity contribution in [3.8, 4) is 10.7 Å². The van der Waals surface area contributed by atoms with Crippen LogP contribution in [0.1, 0.15) is 23.8 Å². The zero-order valence-electron chi connectivity index (χ0n) is 12.0. The van der Waals surface area contributed by atoms with Crippen LogP contribution in [0, 0.1) is 6.92 Å². The molecule has 0 saturated carbocycles. The van der Waals surface area contributed by atoms with Crippen LogP contribution in [-0.2, 0) is 0 Å². The van der Waals surface area contributed by atoms with Gasteiger partial charge in [0.05, 0.1) is 4.88 Å². The molecule has 4 heterocycles. The van der Waals surface area contributed by atoms with Crippen LogP contribution in [0.3, 0.4) is 0 Å². The normalized spacial score (nSPS) is 16.6. The van der Waals surface area contributed by atoms with Crippen LogP contribution in [-0.4, -0.2) is 26.0 Å². The second-order valence-corrected chi connectivity index (χ2v) is 7.92. The molecule has 0 N–H and O–H groups in total. The molecule has 0 unspecified atom stereocenters. The molecular formula is C16H17N3S2. The molecule has 0 aliphatic carbocycles. The highest BCUT2D eigenvalue weighted by atomic mass is 32.2. The Hall–Kier alpha value is -1.33. The van der Waals surface area contributed by atoms with Crippen LogP contribution in [0.25, 0.3) is 21.9 Å². The minimum atomic E-state index is 0.531. The van der Waals surface area contributed by atoms with Gasteiger partial charge in [-0.1, -0.05) is 0 Å². The Bertz CT molecular complexity index is 769. The fraction of sp³-hybridized carbons (Fsp3) is 0.375. The lowest BCUT2D eigenvalue weighted by Gasteiger charge is -2.24. The van der Waals surface area contributed by atoms with E-state index in [4.69, 9.17) is 4.98 Å². The predicted molar refractivity (Wildman–Crippen MR) is 91.2 cm³/mol. The Morgan fingerprint density at radius 1 is 1.19 bits per heavy atom. The van der Waals surface area contributed by atoms with Gasteiger partial charge in [-0.15, -0.1) is 11.3 Å². The van der Waals surface area contributed by atoms with Gasteiger partial charge in [-0.3, -0.25) is 0 Å². The van der Waals surface area contributed by atoms with Crippen molar-refractivity contribution in [2.24, 2.45) is 0 Å². The lowest BCUT2D eigenvalue weighted by Crippen LogP contribution is -2.16. The molecule has 5 heteroatoms. The maximum atomic E-state index is 4.88. The van der Waals surface area contributed by atoms with Crippen molar-refractivity contribution >= 4 is 34.3 Å². The maximum absolute atomic E-state index is 4.88. The average Bonchev–Trinajstić information content (AvgIpc) is 3.11. The third-order valence-corrected chi connectivity index (χ3v) is 6.01. The first-order chi connectivity index (χ1) is 10.3. The number of aryl methyl sites for hydroxylation is 1. The Morgan fingerprint density at radius 2 is 2.05 bits per heavy atom. The first-order valence-electron chi connectivity index (χ1n) is 7.30. The first kappa shape index (κ1) is 13.3. The van der Waals surface area contributed by atoms with Gasteiger partial charge in [-0.25, -0.2) is 9.97 Å². The number of imidazole rings is 1. The van der Waals surface area contributed by atoms with E-state index in [0.29, 0.717) is 6.04 Å². The zero-order chi connectivity index (χ0) is 14.2. The molecule has 1 aliphatic heterocycles. The van der Waals surface area contributed by atoms with Gasteiger partial charge < -0.3 is 4.57 Å². The summed E-state index contributed by atoms with van der Waals surface area (Å²) in [5.41, 5.74) is 2.05. The average molecular weight is 315 g/mol. The quantitative estimate of drug-likeness (QED) is 0.696. The van der Waals surface area contributed by atoms with Crippen LogP contribution >= 0.6 is 23.1 Å². The van der Waals surface area contributed by atoms with Gasteiger partial charge in [0.1, 0.15) is 5.52 Å². The van der Waals surface area contributed by atoms with Gasteiger partial charge in [0, 0.05) is 17.1 Å². The lowest BCUT2D eigenvalue weighted by atomic mass is 10.1. The summed E-state index contributed by atoms with van der Waals surface area (Å²) in [6, 6.07) is 8.94. The van der Waals surface area contributed by atoms with E-state index in [-0.39, 0.29) is 0 Å². The van der Waals surface area contributed by atoms with Crippen LogP contribution in [0.15, 0.2) is 30.5 Å². The summed E-state index contributed by atoms with van der Waals surface area (Å²) in [7, 11) is 0. The molecule has 3 aromatic heterocycles. The van der Waals surface area contributed by atoms with E-state index >= 15 is 0 Å². The molecule has 0 spiro atoms. The summed E-state index contributed by atoms with van der Waals surface area (Å²) in [5, 5.41) is 0. The van der Waals surface area contributed by atoms with Crippen molar-refractivity contribution in [1.29, 1.82) is 0 Å². The van der Waals surface area contributed by atoms with E-state index in [2.05, 4.69) is 46.4 Å². The Kier molecular flexibility index (Phi) is 3.47. The van der Waals surface area contributed by atoms with Crippen molar-refractivity contribution in [2.75, 3.05) is 11.5 Å². The van der Waals surface area contributed by atoms with Gasteiger partial charge >= 0.3 is 0 Å². The minimum absolute atomic E-state index is 0.531. The molecule has 21 heavy (non-hydrogen) atoms. The van der Waals surface area contributed by atoms with Crippen molar-refractivity contribution in [1.82, 2.24) is 14.5 Å². The third-order valence-electron chi connectivity index (χ3n) is 3.97. The molecule has 3 nitrogen and oxygen atoms in total. The fourth-order valence-corrected chi connectivity index (χ4v) is 4.88. The number of aromatic nitrogens is 3. The molecule has 0 atom stereocenters. The number of fused-ring (bicyclic) bond motifs is 1. The molecule has 1 aliphatic rings. The van der Waals surface area contributed by atoms with Crippen LogP contribution in [0.4, 0.5) is 0 Å². The largest absolute Gasteiger partial charge is 0.305 e. The maximum Gasteiger partial charge on any atom is 0.160 e.